The molecule has 0 aliphatic carbocycles. The van der Waals surface area contributed by atoms with Crippen molar-refractivity contribution < 1.29 is 10.2 Å². The van der Waals surface area contributed by atoms with Crippen LogP contribution in [0.2, 0.25) is 0 Å². The van der Waals surface area contributed by atoms with Gasteiger partial charge in [-0.2, -0.15) is 0 Å². The summed E-state index contributed by atoms with van der Waals surface area (Å²) >= 11 is 0. The molecule has 0 bridgehead atoms. The highest BCUT2D eigenvalue weighted by Crippen LogP contribution is 2.18. The molecule has 1 fully saturated rings. The Kier molecular flexibility index (Phi) is 6.18. The van der Waals surface area contributed by atoms with Gasteiger partial charge in [0.15, 0.2) is 0 Å². The molecule has 1 aliphatic rings. The Morgan fingerprint density at radius 3 is 2.48 bits per heavy atom. The standard InChI is InChI=1S/C17H28N2O2/c1-3-16-12-18(9-10-19(16)11-14(2)20)13-17(21)15-7-5-4-6-8-15/h4-8,14,16-17,20-21H,3,9-13H2,1-2H3/t14-,16-,17+/m1/s1. The lowest BCUT2D eigenvalue weighted by Gasteiger charge is -2.42. The highest BCUT2D eigenvalue weighted by atomic mass is 16.3. The molecule has 118 valence electrons. The summed E-state index contributed by atoms with van der Waals surface area (Å²) in [6.07, 6.45) is 0.373. The summed E-state index contributed by atoms with van der Waals surface area (Å²) in [5, 5.41) is 19.9. The third-order valence-electron chi connectivity index (χ3n) is 4.27. The van der Waals surface area contributed by atoms with Crippen molar-refractivity contribution in [3.63, 3.8) is 0 Å². The predicted molar refractivity (Wildman–Crippen MR) is 85.2 cm³/mol. The molecule has 0 aromatic heterocycles. The van der Waals surface area contributed by atoms with Gasteiger partial charge in [0.25, 0.3) is 0 Å². The molecule has 3 atom stereocenters. The van der Waals surface area contributed by atoms with Gasteiger partial charge in [-0.05, 0) is 18.9 Å². The summed E-state index contributed by atoms with van der Waals surface area (Å²) < 4.78 is 0. The fraction of sp³-hybridized carbons (Fsp3) is 0.647. The fourth-order valence-corrected chi connectivity index (χ4v) is 3.12. The van der Waals surface area contributed by atoms with E-state index in [1.807, 2.05) is 37.3 Å². The lowest BCUT2D eigenvalue weighted by Crippen LogP contribution is -2.55. The number of benzene rings is 1. The second kappa shape index (κ2) is 7.90. The van der Waals surface area contributed by atoms with Gasteiger partial charge in [0, 0.05) is 38.8 Å². The van der Waals surface area contributed by atoms with E-state index < -0.39 is 6.10 Å². The molecule has 1 heterocycles. The van der Waals surface area contributed by atoms with Crippen LogP contribution >= 0.6 is 0 Å². The first-order valence-corrected chi connectivity index (χ1v) is 7.97. The zero-order valence-electron chi connectivity index (χ0n) is 13.2. The van der Waals surface area contributed by atoms with Crippen molar-refractivity contribution in [2.24, 2.45) is 0 Å². The van der Waals surface area contributed by atoms with E-state index >= 15 is 0 Å². The van der Waals surface area contributed by atoms with E-state index in [-0.39, 0.29) is 6.10 Å². The van der Waals surface area contributed by atoms with E-state index in [0.29, 0.717) is 12.6 Å². The number of nitrogens with zero attached hydrogens (tertiary/aromatic N) is 2. The molecule has 1 aromatic rings. The summed E-state index contributed by atoms with van der Waals surface area (Å²) in [4.78, 5) is 4.71. The Morgan fingerprint density at radius 1 is 1.14 bits per heavy atom. The molecule has 4 nitrogen and oxygen atoms in total. The minimum absolute atomic E-state index is 0.277. The molecule has 4 heteroatoms. The van der Waals surface area contributed by atoms with Gasteiger partial charge >= 0.3 is 0 Å². The predicted octanol–water partition coefficient (Wildman–Crippen LogP) is 1.50. The van der Waals surface area contributed by atoms with Gasteiger partial charge in [0.05, 0.1) is 12.2 Å². The third kappa shape index (κ3) is 4.78. The van der Waals surface area contributed by atoms with Crippen molar-refractivity contribution in [2.75, 3.05) is 32.7 Å². The summed E-state index contributed by atoms with van der Waals surface area (Å²) in [6, 6.07) is 10.3. The molecule has 1 aromatic carbocycles. The van der Waals surface area contributed by atoms with Crippen molar-refractivity contribution in [1.82, 2.24) is 9.80 Å². The molecule has 1 saturated heterocycles. The van der Waals surface area contributed by atoms with Gasteiger partial charge in [0.2, 0.25) is 0 Å². The number of aliphatic hydroxyl groups is 2. The van der Waals surface area contributed by atoms with Crippen LogP contribution in [0.5, 0.6) is 0 Å². The van der Waals surface area contributed by atoms with Crippen LogP contribution < -0.4 is 0 Å². The maximum absolute atomic E-state index is 10.3. The van der Waals surface area contributed by atoms with Crippen molar-refractivity contribution >= 4 is 0 Å². The average Bonchev–Trinajstić information content (AvgIpc) is 2.49. The van der Waals surface area contributed by atoms with Crippen LogP contribution in [0.15, 0.2) is 30.3 Å². The quantitative estimate of drug-likeness (QED) is 0.834. The molecule has 0 amide bonds. The topological polar surface area (TPSA) is 46.9 Å². The number of β-amino-alcohol motifs (C(OH)–C–C–N with tert-alkyl or cyclic N) is 2. The van der Waals surface area contributed by atoms with Crippen LogP contribution in [0.1, 0.15) is 31.9 Å². The molecule has 0 radical (unpaired) electrons. The Hall–Kier alpha value is -0.940. The smallest absolute Gasteiger partial charge is 0.0916 e. The largest absolute Gasteiger partial charge is 0.392 e. The van der Waals surface area contributed by atoms with Crippen LogP contribution in [0, 0.1) is 0 Å². The van der Waals surface area contributed by atoms with Gasteiger partial charge in [-0.15, -0.1) is 0 Å². The fourth-order valence-electron chi connectivity index (χ4n) is 3.12. The third-order valence-corrected chi connectivity index (χ3v) is 4.27. The molecule has 0 saturated carbocycles. The lowest BCUT2D eigenvalue weighted by molar-refractivity contribution is 0.0170. The Labute approximate surface area is 128 Å². The summed E-state index contributed by atoms with van der Waals surface area (Å²) in [5.41, 5.74) is 0.983. The molecular formula is C17H28N2O2. The number of aliphatic hydroxyl groups excluding tert-OH is 2. The van der Waals surface area contributed by atoms with Gasteiger partial charge in [0.1, 0.15) is 0 Å². The number of hydrogen-bond acceptors (Lipinski definition) is 4. The van der Waals surface area contributed by atoms with E-state index in [1.54, 1.807) is 0 Å². The number of rotatable bonds is 6. The van der Waals surface area contributed by atoms with E-state index in [1.165, 1.54) is 0 Å². The normalized spacial score (nSPS) is 23.9. The average molecular weight is 292 g/mol. The maximum Gasteiger partial charge on any atom is 0.0916 e. The maximum atomic E-state index is 10.3. The molecule has 2 rings (SSSR count). The molecule has 0 spiro atoms. The van der Waals surface area contributed by atoms with Crippen LogP contribution in [0.3, 0.4) is 0 Å². The monoisotopic (exact) mass is 292 g/mol. The highest BCUT2D eigenvalue weighted by molar-refractivity contribution is 5.17. The molecule has 1 aliphatic heterocycles. The SMILES string of the molecule is CC[C@@H]1CN(C[C@H](O)c2ccccc2)CCN1C[C@@H](C)O. The second-order valence-corrected chi connectivity index (χ2v) is 6.09. The molecular weight excluding hydrogens is 264 g/mol. The minimum atomic E-state index is -0.424. The van der Waals surface area contributed by atoms with Crippen LogP contribution in [0.4, 0.5) is 0 Å². The summed E-state index contributed by atoms with van der Waals surface area (Å²) in [6.45, 7) is 8.34. The lowest BCUT2D eigenvalue weighted by atomic mass is 10.1. The van der Waals surface area contributed by atoms with Gasteiger partial charge in [-0.3, -0.25) is 9.80 Å². The Balaban J connectivity index is 1.88. The number of piperazine rings is 1. The minimum Gasteiger partial charge on any atom is -0.392 e. The van der Waals surface area contributed by atoms with Crippen molar-refractivity contribution in [2.45, 2.75) is 38.5 Å². The van der Waals surface area contributed by atoms with E-state index in [2.05, 4.69) is 16.7 Å². The van der Waals surface area contributed by atoms with Crippen molar-refractivity contribution in [1.29, 1.82) is 0 Å². The molecule has 2 N–H and O–H groups in total. The zero-order chi connectivity index (χ0) is 15.2. The van der Waals surface area contributed by atoms with Gasteiger partial charge in [-0.1, -0.05) is 37.3 Å². The van der Waals surface area contributed by atoms with Crippen LogP contribution in [-0.2, 0) is 0 Å². The van der Waals surface area contributed by atoms with Crippen molar-refractivity contribution in [3.05, 3.63) is 35.9 Å². The van der Waals surface area contributed by atoms with Crippen LogP contribution in [-0.4, -0.2) is 64.9 Å². The first-order chi connectivity index (χ1) is 10.1. The van der Waals surface area contributed by atoms with E-state index in [9.17, 15) is 10.2 Å². The summed E-state index contributed by atoms with van der Waals surface area (Å²) in [7, 11) is 0. The van der Waals surface area contributed by atoms with Crippen molar-refractivity contribution in [3.8, 4) is 0 Å². The van der Waals surface area contributed by atoms with E-state index in [4.69, 9.17) is 0 Å². The molecule has 21 heavy (non-hydrogen) atoms. The number of hydrogen-bond donors (Lipinski definition) is 2. The highest BCUT2D eigenvalue weighted by Gasteiger charge is 2.27. The van der Waals surface area contributed by atoms with Gasteiger partial charge < -0.3 is 10.2 Å². The Morgan fingerprint density at radius 2 is 1.86 bits per heavy atom. The Bertz CT molecular complexity index is 411. The first-order valence-electron chi connectivity index (χ1n) is 7.97. The second-order valence-electron chi connectivity index (χ2n) is 6.09. The van der Waals surface area contributed by atoms with Gasteiger partial charge in [-0.25, -0.2) is 0 Å². The van der Waals surface area contributed by atoms with E-state index in [0.717, 1.165) is 38.2 Å². The molecule has 0 unspecified atom stereocenters. The van der Waals surface area contributed by atoms with Crippen LogP contribution in [0.25, 0.3) is 0 Å². The first kappa shape index (κ1) is 16.4. The zero-order valence-corrected chi connectivity index (χ0v) is 13.2. The summed E-state index contributed by atoms with van der Waals surface area (Å²) in [5.74, 6) is 0.